The van der Waals surface area contributed by atoms with Gasteiger partial charge in [0, 0.05) is 0 Å². The van der Waals surface area contributed by atoms with E-state index in [4.69, 9.17) is 17.5 Å². The maximum atomic E-state index is 8.74. The van der Waals surface area contributed by atoms with Gasteiger partial charge in [-0.15, -0.1) is 0 Å². The van der Waals surface area contributed by atoms with E-state index in [-0.39, 0.29) is 83.1 Å². The van der Waals surface area contributed by atoms with E-state index in [1.54, 1.807) is 0 Å². The average Bonchev–Trinajstić information content (AvgIpc) is 0.722. The van der Waals surface area contributed by atoms with Gasteiger partial charge >= 0.3 is 10.4 Å². The third kappa shape index (κ3) is 590000. The Hall–Kier alpha value is -0.0775. The molecule has 0 atom stereocenters. The van der Waals surface area contributed by atoms with E-state index in [2.05, 4.69) is 0 Å². The van der Waals surface area contributed by atoms with Crippen LogP contribution in [0.4, 0.5) is 0 Å². The predicted molar refractivity (Wildman–Crippen MR) is 67.5 cm³/mol. The molecule has 0 spiro atoms. The quantitative estimate of drug-likeness (QED) is 0.318. The van der Waals surface area contributed by atoms with E-state index in [9.17, 15) is 0 Å². The second-order valence-corrected chi connectivity index (χ2v) is 1.34. The van der Waals surface area contributed by atoms with Crippen molar-refractivity contribution in [3.63, 3.8) is 0 Å². The highest BCUT2D eigenvalue weighted by Gasteiger charge is 1.84. The van der Waals surface area contributed by atoms with Gasteiger partial charge in [-0.3, -0.25) is 9.11 Å². The van der Waals surface area contributed by atoms with E-state index in [0.29, 0.717) is 0 Å². The summed E-state index contributed by atoms with van der Waals surface area (Å²) >= 11 is 0. The summed E-state index contributed by atoms with van der Waals surface area (Å²) in [5.41, 5.74) is 0. The molecule has 0 radical (unpaired) electrons. The lowest BCUT2D eigenvalue weighted by molar-refractivity contribution is 0.381. The lowest BCUT2D eigenvalue weighted by atomic mass is 15.8. The molecular formula is H29AlO16S. The smallest absolute Gasteiger partial charge is 0.394 e. The molecule has 0 saturated carbocycles. The van der Waals surface area contributed by atoms with Gasteiger partial charge < -0.3 is 65.7 Å². The van der Waals surface area contributed by atoms with Crippen molar-refractivity contribution in [3.8, 4) is 0 Å². The minimum atomic E-state index is -4.67. The molecular weight excluding hydrogens is 315 g/mol. The first kappa shape index (κ1) is 334. The molecule has 0 aromatic carbocycles. The minimum absolute atomic E-state index is 0. The molecule has 0 heterocycles. The van der Waals surface area contributed by atoms with Crippen LogP contribution < -0.4 is 0 Å². The Balaban J connectivity index is -0.00000000103. The van der Waals surface area contributed by atoms with E-state index in [0.717, 1.165) is 0 Å². The molecule has 0 unspecified atom stereocenters. The third-order valence-electron chi connectivity index (χ3n) is 0. The summed E-state index contributed by atoms with van der Waals surface area (Å²) in [4.78, 5) is 0. The van der Waals surface area contributed by atoms with Crippen LogP contribution in [-0.2, 0) is 10.4 Å². The zero-order chi connectivity index (χ0) is 4.50. The van der Waals surface area contributed by atoms with Gasteiger partial charge in [0.1, 0.15) is 0 Å². The maximum Gasteiger partial charge on any atom is 0.394 e. The summed E-state index contributed by atoms with van der Waals surface area (Å²) in [6.45, 7) is 0. The van der Waals surface area contributed by atoms with Gasteiger partial charge in [-0.1, -0.05) is 0 Å². The zero-order valence-corrected chi connectivity index (χ0v) is 8.94. The fraction of sp³-hybridized carbons (Fsp3) is 0. The van der Waals surface area contributed by atoms with Crippen LogP contribution in [0, 0.1) is 0 Å². The molecule has 0 aliphatic heterocycles. The molecule has 26 N–H and O–H groups in total. The molecule has 0 aromatic heterocycles. The van der Waals surface area contributed by atoms with Crippen molar-refractivity contribution in [1.82, 2.24) is 0 Å². The lowest BCUT2D eigenvalue weighted by Crippen LogP contribution is -1.89. The molecule has 134 valence electrons. The van der Waals surface area contributed by atoms with Crippen LogP contribution in [-0.4, -0.2) is 101 Å². The second-order valence-electron chi connectivity index (χ2n) is 0.448. The van der Waals surface area contributed by atoms with Gasteiger partial charge in [-0.05, 0) is 0 Å². The lowest BCUT2D eigenvalue weighted by Gasteiger charge is -1.68. The molecule has 0 fully saturated rings. The van der Waals surface area contributed by atoms with Crippen LogP contribution in [0.3, 0.4) is 0 Å². The molecule has 0 aliphatic rings. The number of hydrogen-bond donors (Lipinski definition) is 2. The SMILES string of the molecule is O.O.O.O.O.O.O.O.O.O.O.O.O=S(=O)(O)O.[AlH3]. The van der Waals surface area contributed by atoms with Crippen molar-refractivity contribution in [2.75, 3.05) is 0 Å². The van der Waals surface area contributed by atoms with Gasteiger partial charge in [0.2, 0.25) is 0 Å². The van der Waals surface area contributed by atoms with Crippen LogP contribution in [0.5, 0.6) is 0 Å². The summed E-state index contributed by atoms with van der Waals surface area (Å²) in [6, 6.07) is 0. The summed E-state index contributed by atoms with van der Waals surface area (Å²) in [5, 5.41) is 0. The van der Waals surface area contributed by atoms with E-state index in [1.807, 2.05) is 0 Å². The Morgan fingerprint density at radius 2 is 0.444 bits per heavy atom. The Morgan fingerprint density at radius 1 is 0.444 bits per heavy atom. The molecule has 18 heavy (non-hydrogen) atoms. The van der Waals surface area contributed by atoms with Crippen molar-refractivity contribution >= 4 is 27.8 Å². The summed E-state index contributed by atoms with van der Waals surface area (Å²) in [6.07, 6.45) is 0. The van der Waals surface area contributed by atoms with Gasteiger partial charge in [-0.2, -0.15) is 8.42 Å². The Morgan fingerprint density at radius 3 is 0.444 bits per heavy atom. The van der Waals surface area contributed by atoms with E-state index < -0.39 is 10.4 Å². The summed E-state index contributed by atoms with van der Waals surface area (Å²) < 4.78 is 31.6. The topological polar surface area (TPSA) is 453 Å². The maximum absolute atomic E-state index is 8.74. The van der Waals surface area contributed by atoms with Crippen molar-refractivity contribution < 1.29 is 83.2 Å². The van der Waals surface area contributed by atoms with Crippen molar-refractivity contribution in [2.24, 2.45) is 0 Å². The van der Waals surface area contributed by atoms with Gasteiger partial charge in [0.25, 0.3) is 0 Å². The molecule has 0 saturated heterocycles. The number of hydrogen-bond acceptors (Lipinski definition) is 2. The Bertz CT molecular complexity index is 94.3. The highest BCUT2D eigenvalue weighted by Crippen LogP contribution is 1.59. The van der Waals surface area contributed by atoms with Gasteiger partial charge in [0.05, 0.1) is 0 Å². The van der Waals surface area contributed by atoms with Crippen LogP contribution >= 0.6 is 0 Å². The van der Waals surface area contributed by atoms with Gasteiger partial charge in [0.15, 0.2) is 17.4 Å². The number of rotatable bonds is 0. The second kappa shape index (κ2) is 122. The van der Waals surface area contributed by atoms with Crippen molar-refractivity contribution in [2.45, 2.75) is 0 Å². The summed E-state index contributed by atoms with van der Waals surface area (Å²) in [5.74, 6) is 0. The molecule has 0 rings (SSSR count). The average molecular weight is 344 g/mol. The fourth-order valence-corrected chi connectivity index (χ4v) is 0. The molecule has 0 amide bonds. The first-order valence-corrected chi connectivity index (χ1v) is 2.10. The Labute approximate surface area is 112 Å². The Kier molecular flexibility index (Phi) is 2270. The largest absolute Gasteiger partial charge is 0.412 e. The highest BCUT2D eigenvalue weighted by molar-refractivity contribution is 7.79. The van der Waals surface area contributed by atoms with Gasteiger partial charge in [-0.25, -0.2) is 0 Å². The molecule has 16 nitrogen and oxygen atoms in total. The van der Waals surface area contributed by atoms with Crippen LogP contribution in [0.1, 0.15) is 0 Å². The van der Waals surface area contributed by atoms with Crippen LogP contribution in [0.25, 0.3) is 0 Å². The minimum Gasteiger partial charge on any atom is -0.412 e. The first-order chi connectivity index (χ1) is 2.00. The van der Waals surface area contributed by atoms with E-state index in [1.165, 1.54) is 0 Å². The van der Waals surface area contributed by atoms with Crippen molar-refractivity contribution in [1.29, 1.82) is 0 Å². The highest BCUT2D eigenvalue weighted by atomic mass is 32.3. The zero-order valence-electron chi connectivity index (χ0n) is 8.12. The molecule has 18 heteroatoms. The van der Waals surface area contributed by atoms with Crippen LogP contribution in [0.2, 0.25) is 0 Å². The molecule has 0 bridgehead atoms. The monoisotopic (exact) mass is 344 g/mol. The normalized spacial score (nSPS) is 3.22. The third-order valence-corrected chi connectivity index (χ3v) is 0. The van der Waals surface area contributed by atoms with Crippen LogP contribution in [0.15, 0.2) is 0 Å². The standard InChI is InChI=1S/Al.H2O4S.12H2O.3H/c;1-5(2,3)4;;;;;;;;;;;;;;;/h;(H2,1,2,3,4);12*1H2;;;. The fourth-order valence-electron chi connectivity index (χ4n) is 0. The van der Waals surface area contributed by atoms with E-state index >= 15 is 0 Å². The molecule has 0 aromatic rings. The predicted octanol–water partition coefficient (Wildman–Crippen LogP) is -11.7. The first-order valence-electron chi connectivity index (χ1n) is 0.698. The molecule has 0 aliphatic carbocycles. The summed E-state index contributed by atoms with van der Waals surface area (Å²) in [7, 11) is -4.67. The van der Waals surface area contributed by atoms with Crippen molar-refractivity contribution in [3.05, 3.63) is 0 Å².